The average molecular weight is 569 g/mol. The van der Waals surface area contributed by atoms with Crippen LogP contribution in [0.3, 0.4) is 0 Å². The Labute approximate surface area is 227 Å². The summed E-state index contributed by atoms with van der Waals surface area (Å²) in [6.45, 7) is 0. The number of primary amides is 1. The summed E-state index contributed by atoms with van der Waals surface area (Å²) in [4.78, 5) is 12.3. The van der Waals surface area contributed by atoms with Crippen LogP contribution in [-0.2, 0) is 36.8 Å². The lowest BCUT2D eigenvalue weighted by Crippen LogP contribution is -2.37. The van der Waals surface area contributed by atoms with Gasteiger partial charge >= 0.3 is 0 Å². The fourth-order valence-corrected chi connectivity index (χ4v) is 7.13. The summed E-state index contributed by atoms with van der Waals surface area (Å²) >= 11 is 6.23. The largest absolute Gasteiger partial charge is 0.368 e. The third kappa shape index (κ3) is 6.49. The summed E-state index contributed by atoms with van der Waals surface area (Å²) in [7, 11) is -7.88. The molecule has 0 radical (unpaired) electrons. The van der Waals surface area contributed by atoms with Crippen LogP contribution in [0.2, 0.25) is 5.02 Å². The van der Waals surface area contributed by atoms with E-state index in [1.807, 2.05) is 0 Å². The van der Waals surface area contributed by atoms with Gasteiger partial charge in [0.2, 0.25) is 15.9 Å². The molecule has 1 atom stereocenters. The zero-order valence-corrected chi connectivity index (χ0v) is 22.5. The second-order valence-corrected chi connectivity index (χ2v) is 12.7. The van der Waals surface area contributed by atoms with Gasteiger partial charge in [0.05, 0.1) is 15.5 Å². The van der Waals surface area contributed by atoms with Gasteiger partial charge in [-0.05, 0) is 59.0 Å². The molecule has 4 rings (SSSR count). The maximum atomic E-state index is 13.5. The van der Waals surface area contributed by atoms with Gasteiger partial charge in [-0.25, -0.2) is 16.8 Å². The molecule has 0 unspecified atom stereocenters. The zero-order chi connectivity index (χ0) is 27.3. The molecule has 7 nitrogen and oxygen atoms in total. The Bertz CT molecular complexity index is 1660. The fraction of sp³-hybridized carbons (Fsp3) is 0.107. The van der Waals surface area contributed by atoms with Gasteiger partial charge in [-0.2, -0.15) is 4.72 Å². The van der Waals surface area contributed by atoms with Crippen LogP contribution in [0.5, 0.6) is 0 Å². The van der Waals surface area contributed by atoms with Crippen molar-refractivity contribution >= 4 is 37.4 Å². The van der Waals surface area contributed by atoms with E-state index in [0.29, 0.717) is 27.3 Å². The molecule has 0 spiro atoms. The van der Waals surface area contributed by atoms with Crippen LogP contribution in [0.15, 0.2) is 113 Å². The topological polar surface area (TPSA) is 123 Å². The quantitative estimate of drug-likeness (QED) is 0.293. The smallest absolute Gasteiger partial charge is 0.241 e. The second-order valence-electron chi connectivity index (χ2n) is 8.64. The lowest BCUT2D eigenvalue weighted by molar-refractivity contribution is -0.119. The first kappa shape index (κ1) is 27.5. The van der Waals surface area contributed by atoms with Crippen LogP contribution in [0.25, 0.3) is 0 Å². The van der Waals surface area contributed by atoms with E-state index in [1.165, 1.54) is 30.3 Å². The summed E-state index contributed by atoms with van der Waals surface area (Å²) in [5.74, 6) is -1.11. The number of carbonyl (C=O) groups excluding carboxylic acids is 1. The van der Waals surface area contributed by atoms with Crippen molar-refractivity contribution < 1.29 is 21.6 Å². The molecule has 0 aliphatic carbocycles. The number of hydrogen-bond acceptors (Lipinski definition) is 5. The Hall–Kier alpha value is -3.50. The van der Waals surface area contributed by atoms with E-state index in [2.05, 4.69) is 4.72 Å². The Balaban J connectivity index is 1.69. The Kier molecular flexibility index (Phi) is 8.32. The molecule has 38 heavy (non-hydrogen) atoms. The molecule has 0 aliphatic heterocycles. The Morgan fingerprint density at radius 3 is 1.97 bits per heavy atom. The fourth-order valence-electron chi connectivity index (χ4n) is 4.09. The van der Waals surface area contributed by atoms with Crippen molar-refractivity contribution in [3.63, 3.8) is 0 Å². The standard InChI is InChI=1S/C28H25ClN2O5S2/c29-24-15-16-26(38(35,36)31-27(28(30)32)20-9-3-1-4-10-20)23(18-24)17-21-11-7-8-12-22(21)19-37(33,34)25-13-5-2-6-14-25/h1-16,18,27,31H,17,19H2,(H2,30,32)/t27-/m1/s1. The van der Waals surface area contributed by atoms with E-state index in [1.54, 1.807) is 72.8 Å². The van der Waals surface area contributed by atoms with Crippen molar-refractivity contribution in [1.29, 1.82) is 0 Å². The normalized spacial score (nSPS) is 12.7. The average Bonchev–Trinajstić information content (AvgIpc) is 2.89. The van der Waals surface area contributed by atoms with E-state index in [0.717, 1.165) is 0 Å². The van der Waals surface area contributed by atoms with Crippen LogP contribution in [-0.4, -0.2) is 22.7 Å². The minimum atomic E-state index is -4.24. The SMILES string of the molecule is NC(=O)[C@H](NS(=O)(=O)c1ccc(Cl)cc1Cc1ccccc1CS(=O)(=O)c1ccccc1)c1ccccc1. The Morgan fingerprint density at radius 1 is 0.763 bits per heavy atom. The molecule has 0 aliphatic rings. The first-order valence-electron chi connectivity index (χ1n) is 11.6. The van der Waals surface area contributed by atoms with Crippen LogP contribution in [0.4, 0.5) is 0 Å². The highest BCUT2D eigenvalue weighted by molar-refractivity contribution is 7.90. The zero-order valence-electron chi connectivity index (χ0n) is 20.1. The molecule has 0 heterocycles. The number of sulfone groups is 1. The minimum Gasteiger partial charge on any atom is -0.368 e. The first-order valence-corrected chi connectivity index (χ1v) is 15.1. The number of carbonyl (C=O) groups is 1. The van der Waals surface area contributed by atoms with Crippen molar-refractivity contribution in [2.24, 2.45) is 5.73 Å². The van der Waals surface area contributed by atoms with Crippen molar-refractivity contribution in [2.75, 3.05) is 0 Å². The van der Waals surface area contributed by atoms with Gasteiger partial charge in [-0.1, -0.05) is 84.4 Å². The highest BCUT2D eigenvalue weighted by Crippen LogP contribution is 2.27. The molecule has 196 valence electrons. The highest BCUT2D eigenvalue weighted by Gasteiger charge is 2.28. The van der Waals surface area contributed by atoms with Crippen molar-refractivity contribution in [3.8, 4) is 0 Å². The maximum Gasteiger partial charge on any atom is 0.241 e. The third-order valence-corrected chi connectivity index (χ3v) is 9.39. The summed E-state index contributed by atoms with van der Waals surface area (Å²) in [5.41, 5.74) is 7.42. The molecule has 4 aromatic carbocycles. The minimum absolute atomic E-state index is 0.0872. The van der Waals surface area contributed by atoms with E-state index < -0.39 is 31.8 Å². The van der Waals surface area contributed by atoms with Gasteiger partial charge in [-0.3, -0.25) is 4.79 Å². The lowest BCUT2D eigenvalue weighted by Gasteiger charge is -2.18. The van der Waals surface area contributed by atoms with Gasteiger partial charge in [0.25, 0.3) is 0 Å². The lowest BCUT2D eigenvalue weighted by atomic mass is 10.0. The summed E-state index contributed by atoms with van der Waals surface area (Å²) in [6.07, 6.45) is 0.0872. The number of halogens is 1. The van der Waals surface area contributed by atoms with Gasteiger partial charge in [0.1, 0.15) is 6.04 Å². The van der Waals surface area contributed by atoms with Crippen molar-refractivity contribution in [2.45, 2.75) is 28.0 Å². The van der Waals surface area contributed by atoms with Crippen LogP contribution < -0.4 is 10.5 Å². The number of hydrogen-bond donors (Lipinski definition) is 2. The molecule has 10 heteroatoms. The molecular weight excluding hydrogens is 544 g/mol. The molecule has 3 N–H and O–H groups in total. The number of sulfonamides is 1. The summed E-state index contributed by atoms with van der Waals surface area (Å²) in [5, 5.41) is 0.308. The van der Waals surface area contributed by atoms with Crippen LogP contribution in [0.1, 0.15) is 28.3 Å². The number of benzene rings is 4. The predicted molar refractivity (Wildman–Crippen MR) is 147 cm³/mol. The summed E-state index contributed by atoms with van der Waals surface area (Å²) < 4.78 is 55.4. The van der Waals surface area contributed by atoms with Crippen LogP contribution >= 0.6 is 11.6 Å². The molecule has 0 saturated carbocycles. The number of nitrogens with one attached hydrogen (secondary N) is 1. The van der Waals surface area contributed by atoms with E-state index in [9.17, 15) is 21.6 Å². The third-order valence-electron chi connectivity index (χ3n) is 5.95. The van der Waals surface area contributed by atoms with E-state index in [-0.39, 0.29) is 22.0 Å². The van der Waals surface area contributed by atoms with Gasteiger partial charge in [0.15, 0.2) is 9.84 Å². The molecule has 0 aromatic heterocycles. The maximum absolute atomic E-state index is 13.5. The van der Waals surface area contributed by atoms with Gasteiger partial charge in [-0.15, -0.1) is 0 Å². The molecule has 0 fully saturated rings. The molecule has 1 amide bonds. The second kappa shape index (κ2) is 11.5. The monoisotopic (exact) mass is 568 g/mol. The van der Waals surface area contributed by atoms with E-state index >= 15 is 0 Å². The predicted octanol–water partition coefficient (Wildman–Crippen LogP) is 4.41. The van der Waals surface area contributed by atoms with Gasteiger partial charge < -0.3 is 5.73 Å². The molecule has 0 bridgehead atoms. The Morgan fingerprint density at radius 2 is 1.34 bits per heavy atom. The first-order chi connectivity index (χ1) is 18.1. The number of nitrogens with two attached hydrogens (primary N) is 1. The molecule has 0 saturated heterocycles. The number of rotatable bonds is 10. The van der Waals surface area contributed by atoms with Crippen molar-refractivity contribution in [1.82, 2.24) is 4.72 Å². The van der Waals surface area contributed by atoms with Gasteiger partial charge in [0, 0.05) is 5.02 Å². The molecule has 4 aromatic rings. The van der Waals surface area contributed by atoms with Crippen molar-refractivity contribution in [3.05, 3.63) is 130 Å². The van der Waals surface area contributed by atoms with E-state index in [4.69, 9.17) is 17.3 Å². The highest BCUT2D eigenvalue weighted by atomic mass is 35.5. The number of amides is 1. The molecular formula is C28H25ClN2O5S2. The van der Waals surface area contributed by atoms with Crippen LogP contribution in [0, 0.1) is 0 Å². The summed E-state index contributed by atoms with van der Waals surface area (Å²) in [6, 6.07) is 26.4.